The fourth-order valence-electron chi connectivity index (χ4n) is 2.36. The Morgan fingerprint density at radius 2 is 2.06 bits per heavy atom. The van der Waals surface area contributed by atoms with Crippen molar-refractivity contribution in [3.8, 4) is 0 Å². The first-order valence-corrected chi connectivity index (χ1v) is 6.41. The van der Waals surface area contributed by atoms with Crippen LogP contribution < -0.4 is 5.32 Å². The van der Waals surface area contributed by atoms with E-state index in [-0.39, 0.29) is 11.6 Å². The Labute approximate surface area is 105 Å². The van der Waals surface area contributed by atoms with Gasteiger partial charge in [-0.2, -0.15) is 0 Å². The zero-order valence-electron chi connectivity index (χ0n) is 11.7. The molecule has 0 spiro atoms. The number of nitrogens with zero attached hydrogens (tertiary/aromatic N) is 1. The SMILES string of the molecule is CNC1CC(C)CN(CC(=O)OC(C)(C)C)C1. The van der Waals surface area contributed by atoms with Crippen molar-refractivity contribution in [3.63, 3.8) is 0 Å². The predicted molar refractivity (Wildman–Crippen MR) is 68.9 cm³/mol. The largest absolute Gasteiger partial charge is 0.459 e. The molecule has 100 valence electrons. The second kappa shape index (κ2) is 5.83. The number of hydrogen-bond donors (Lipinski definition) is 1. The van der Waals surface area contributed by atoms with Crippen molar-refractivity contribution in [1.29, 1.82) is 0 Å². The average molecular weight is 242 g/mol. The topological polar surface area (TPSA) is 41.6 Å². The minimum Gasteiger partial charge on any atom is -0.459 e. The lowest BCUT2D eigenvalue weighted by molar-refractivity contribution is -0.156. The number of carbonyl (C=O) groups excluding carboxylic acids is 1. The van der Waals surface area contributed by atoms with E-state index in [1.54, 1.807) is 0 Å². The first-order valence-electron chi connectivity index (χ1n) is 6.41. The summed E-state index contributed by atoms with van der Waals surface area (Å²) in [6, 6.07) is 0.487. The second-order valence-electron chi connectivity index (χ2n) is 6.11. The van der Waals surface area contributed by atoms with Crippen LogP contribution >= 0.6 is 0 Å². The standard InChI is InChI=1S/C13H26N2O2/c1-10-6-11(14-5)8-15(7-10)9-12(16)17-13(2,3)4/h10-11,14H,6-9H2,1-5H3. The third-order valence-electron chi connectivity index (χ3n) is 2.92. The van der Waals surface area contributed by atoms with Gasteiger partial charge >= 0.3 is 5.97 Å². The first kappa shape index (κ1) is 14.5. The molecular formula is C13H26N2O2. The number of piperidine rings is 1. The number of nitrogens with one attached hydrogen (secondary N) is 1. The van der Waals surface area contributed by atoms with E-state index in [4.69, 9.17) is 4.74 Å². The number of rotatable bonds is 3. The third kappa shape index (κ3) is 5.50. The highest BCUT2D eigenvalue weighted by Gasteiger charge is 2.26. The molecular weight excluding hydrogens is 216 g/mol. The zero-order chi connectivity index (χ0) is 13.1. The van der Waals surface area contributed by atoms with Gasteiger partial charge in [0.25, 0.3) is 0 Å². The van der Waals surface area contributed by atoms with E-state index >= 15 is 0 Å². The molecule has 4 nitrogen and oxygen atoms in total. The van der Waals surface area contributed by atoms with E-state index in [2.05, 4.69) is 17.1 Å². The number of hydrogen-bond acceptors (Lipinski definition) is 4. The maximum Gasteiger partial charge on any atom is 0.320 e. The van der Waals surface area contributed by atoms with Crippen LogP contribution in [0.2, 0.25) is 0 Å². The molecule has 4 heteroatoms. The van der Waals surface area contributed by atoms with Crippen LogP contribution in [-0.4, -0.2) is 49.2 Å². The number of esters is 1. The Bertz CT molecular complexity index is 261. The van der Waals surface area contributed by atoms with Gasteiger partial charge in [0.05, 0.1) is 6.54 Å². The maximum atomic E-state index is 11.7. The molecule has 0 aromatic heterocycles. The lowest BCUT2D eigenvalue weighted by Gasteiger charge is -2.36. The summed E-state index contributed by atoms with van der Waals surface area (Å²) in [6.45, 7) is 10.3. The minimum absolute atomic E-state index is 0.124. The van der Waals surface area contributed by atoms with Crippen LogP contribution in [0.15, 0.2) is 0 Å². The third-order valence-corrected chi connectivity index (χ3v) is 2.92. The molecule has 17 heavy (non-hydrogen) atoms. The molecule has 0 aromatic rings. The lowest BCUT2D eigenvalue weighted by atomic mass is 9.96. The molecule has 1 aliphatic heterocycles. The van der Waals surface area contributed by atoms with Crippen LogP contribution in [0, 0.1) is 5.92 Å². The normalized spacial score (nSPS) is 26.9. The molecule has 1 aliphatic rings. The van der Waals surface area contributed by atoms with Gasteiger partial charge < -0.3 is 10.1 Å². The van der Waals surface area contributed by atoms with E-state index in [0.717, 1.165) is 13.1 Å². The van der Waals surface area contributed by atoms with Crippen LogP contribution in [0.4, 0.5) is 0 Å². The van der Waals surface area contributed by atoms with Crippen LogP contribution in [0.1, 0.15) is 34.1 Å². The van der Waals surface area contributed by atoms with Gasteiger partial charge in [-0.1, -0.05) is 6.92 Å². The summed E-state index contributed by atoms with van der Waals surface area (Å²) in [5.41, 5.74) is -0.388. The molecule has 1 heterocycles. The number of likely N-dealkylation sites (N-methyl/N-ethyl adjacent to an activating group) is 1. The summed E-state index contributed by atoms with van der Waals surface area (Å²) in [5, 5.41) is 3.29. The van der Waals surface area contributed by atoms with Crippen molar-refractivity contribution in [2.75, 3.05) is 26.7 Å². The Hall–Kier alpha value is -0.610. The summed E-state index contributed by atoms with van der Waals surface area (Å²) in [6.07, 6.45) is 1.18. The van der Waals surface area contributed by atoms with Gasteiger partial charge in [0.1, 0.15) is 5.60 Å². The van der Waals surface area contributed by atoms with Gasteiger partial charge in [-0.05, 0) is 40.2 Å². The molecule has 1 N–H and O–H groups in total. The highest BCUT2D eigenvalue weighted by molar-refractivity contribution is 5.72. The van der Waals surface area contributed by atoms with Gasteiger partial charge in [-0.3, -0.25) is 9.69 Å². The Morgan fingerprint density at radius 3 is 2.59 bits per heavy atom. The van der Waals surface area contributed by atoms with Gasteiger partial charge in [-0.25, -0.2) is 0 Å². The van der Waals surface area contributed by atoms with Gasteiger partial charge in [0, 0.05) is 19.1 Å². The van der Waals surface area contributed by atoms with E-state index < -0.39 is 0 Å². The molecule has 2 unspecified atom stereocenters. The van der Waals surface area contributed by atoms with Crippen LogP contribution in [0.25, 0.3) is 0 Å². The minimum atomic E-state index is -0.388. The Morgan fingerprint density at radius 1 is 1.41 bits per heavy atom. The maximum absolute atomic E-state index is 11.7. The van der Waals surface area contributed by atoms with E-state index in [1.165, 1.54) is 6.42 Å². The summed E-state index contributed by atoms with van der Waals surface area (Å²) >= 11 is 0. The molecule has 0 saturated carbocycles. The monoisotopic (exact) mass is 242 g/mol. The summed E-state index contributed by atoms with van der Waals surface area (Å²) in [5.74, 6) is 0.505. The van der Waals surface area contributed by atoms with Crippen LogP contribution in [-0.2, 0) is 9.53 Å². The zero-order valence-corrected chi connectivity index (χ0v) is 11.7. The van der Waals surface area contributed by atoms with Crippen molar-refractivity contribution in [1.82, 2.24) is 10.2 Å². The van der Waals surface area contributed by atoms with Gasteiger partial charge in [0.15, 0.2) is 0 Å². The van der Waals surface area contributed by atoms with Crippen molar-refractivity contribution < 1.29 is 9.53 Å². The summed E-state index contributed by atoms with van der Waals surface area (Å²) in [4.78, 5) is 13.9. The molecule has 0 radical (unpaired) electrons. The molecule has 1 rings (SSSR count). The molecule has 2 atom stereocenters. The molecule has 0 bridgehead atoms. The van der Waals surface area contributed by atoms with Crippen molar-refractivity contribution in [2.45, 2.75) is 45.8 Å². The van der Waals surface area contributed by atoms with E-state index in [0.29, 0.717) is 18.5 Å². The van der Waals surface area contributed by atoms with Crippen LogP contribution in [0.5, 0.6) is 0 Å². The lowest BCUT2D eigenvalue weighted by Crippen LogP contribution is -2.49. The van der Waals surface area contributed by atoms with Gasteiger partial charge in [-0.15, -0.1) is 0 Å². The highest BCUT2D eigenvalue weighted by Crippen LogP contribution is 2.16. The van der Waals surface area contributed by atoms with Crippen molar-refractivity contribution >= 4 is 5.97 Å². The highest BCUT2D eigenvalue weighted by atomic mass is 16.6. The first-order chi connectivity index (χ1) is 7.80. The van der Waals surface area contributed by atoms with E-state index in [9.17, 15) is 4.79 Å². The predicted octanol–water partition coefficient (Wildman–Crippen LogP) is 1.26. The molecule has 0 aromatic carbocycles. The molecule has 0 amide bonds. The number of carbonyl (C=O) groups is 1. The average Bonchev–Trinajstić information content (AvgIpc) is 2.13. The fourth-order valence-corrected chi connectivity index (χ4v) is 2.36. The van der Waals surface area contributed by atoms with Gasteiger partial charge in [0.2, 0.25) is 0 Å². The molecule has 0 aliphatic carbocycles. The Kier molecular flexibility index (Phi) is 4.95. The summed E-state index contributed by atoms with van der Waals surface area (Å²) in [7, 11) is 1.98. The number of likely N-dealkylation sites (tertiary alicyclic amines) is 1. The van der Waals surface area contributed by atoms with Crippen LogP contribution in [0.3, 0.4) is 0 Å². The summed E-state index contributed by atoms with van der Waals surface area (Å²) < 4.78 is 5.34. The van der Waals surface area contributed by atoms with E-state index in [1.807, 2.05) is 27.8 Å². The van der Waals surface area contributed by atoms with Crippen molar-refractivity contribution in [2.24, 2.45) is 5.92 Å². The van der Waals surface area contributed by atoms with Crippen molar-refractivity contribution in [3.05, 3.63) is 0 Å². The molecule has 1 saturated heterocycles. The number of ether oxygens (including phenoxy) is 1. The molecule has 1 fully saturated rings. The Balaban J connectivity index is 2.42. The second-order valence-corrected chi connectivity index (χ2v) is 6.11. The fraction of sp³-hybridized carbons (Fsp3) is 0.923. The quantitative estimate of drug-likeness (QED) is 0.757. The smallest absolute Gasteiger partial charge is 0.320 e.